The third-order valence-electron chi connectivity index (χ3n) is 2.10. The van der Waals surface area contributed by atoms with E-state index in [2.05, 4.69) is 4.18 Å². The second kappa shape index (κ2) is 4.57. The van der Waals surface area contributed by atoms with Gasteiger partial charge in [-0.15, -0.1) is 0 Å². The molecule has 1 unspecified atom stereocenters. The van der Waals surface area contributed by atoms with Crippen LogP contribution in [0.4, 0.5) is 13.2 Å². The molecular formula is C7H9F3N2O3S. The molecule has 1 aliphatic rings. The number of halogens is 3. The fourth-order valence-electron chi connectivity index (χ4n) is 1.38. The van der Waals surface area contributed by atoms with E-state index >= 15 is 0 Å². The first-order chi connectivity index (χ1) is 7.28. The average Bonchev–Trinajstić information content (AvgIpc) is 2.51. The van der Waals surface area contributed by atoms with Gasteiger partial charge in [0.05, 0.1) is 12.6 Å². The van der Waals surface area contributed by atoms with Crippen LogP contribution >= 0.6 is 0 Å². The van der Waals surface area contributed by atoms with Crippen LogP contribution in [0.15, 0.2) is 0 Å². The Bertz CT molecular complexity index is 387. The van der Waals surface area contributed by atoms with Gasteiger partial charge in [0.25, 0.3) is 0 Å². The van der Waals surface area contributed by atoms with Gasteiger partial charge in [-0.05, 0) is 12.8 Å². The van der Waals surface area contributed by atoms with Crippen molar-refractivity contribution in [3.05, 3.63) is 0 Å². The van der Waals surface area contributed by atoms with Gasteiger partial charge in [-0.1, -0.05) is 0 Å². The Balaban J connectivity index is 2.71. The maximum absolute atomic E-state index is 12.0. The van der Waals surface area contributed by atoms with Crippen LogP contribution in [0.2, 0.25) is 0 Å². The van der Waals surface area contributed by atoms with Gasteiger partial charge in [-0.25, -0.2) is 4.18 Å². The minimum absolute atomic E-state index is 0.155. The van der Waals surface area contributed by atoms with Crippen LogP contribution in [0.5, 0.6) is 0 Å². The largest absolute Gasteiger partial charge is 0.523 e. The van der Waals surface area contributed by atoms with Gasteiger partial charge in [0, 0.05) is 6.54 Å². The number of nitrogens with zero attached hydrogens (tertiary/aromatic N) is 2. The minimum Gasteiger partial charge on any atom is -0.264 e. The Morgan fingerprint density at radius 1 is 1.50 bits per heavy atom. The first kappa shape index (κ1) is 13.2. The van der Waals surface area contributed by atoms with Crippen molar-refractivity contribution in [3.8, 4) is 6.07 Å². The summed E-state index contributed by atoms with van der Waals surface area (Å²) in [7, 11) is -5.58. The lowest BCUT2D eigenvalue weighted by Gasteiger charge is -2.21. The number of hydrogen-bond acceptors (Lipinski definition) is 5. The molecule has 0 bridgehead atoms. The molecule has 1 rings (SSSR count). The van der Waals surface area contributed by atoms with Gasteiger partial charge in [0.15, 0.2) is 0 Å². The Labute approximate surface area is 90.5 Å². The standard InChI is InChI=1S/C7H9F3N2O3S/c8-7(9,10)16(13,14)15-6-2-1-4-12(6)5-3-11/h6H,1-2,4-5H2. The van der Waals surface area contributed by atoms with Crippen molar-refractivity contribution in [1.29, 1.82) is 5.26 Å². The van der Waals surface area contributed by atoms with Crippen molar-refractivity contribution in [2.45, 2.75) is 24.6 Å². The zero-order valence-electron chi connectivity index (χ0n) is 8.07. The lowest BCUT2D eigenvalue weighted by Crippen LogP contribution is -2.37. The van der Waals surface area contributed by atoms with Gasteiger partial charge < -0.3 is 0 Å². The lowest BCUT2D eigenvalue weighted by atomic mass is 10.4. The van der Waals surface area contributed by atoms with Crippen molar-refractivity contribution in [3.63, 3.8) is 0 Å². The van der Waals surface area contributed by atoms with Gasteiger partial charge >= 0.3 is 15.6 Å². The van der Waals surface area contributed by atoms with E-state index in [1.54, 1.807) is 6.07 Å². The number of hydrogen-bond donors (Lipinski definition) is 0. The molecule has 1 aliphatic heterocycles. The van der Waals surface area contributed by atoms with Gasteiger partial charge in [0.2, 0.25) is 0 Å². The topological polar surface area (TPSA) is 70.4 Å². The van der Waals surface area contributed by atoms with E-state index in [1.165, 1.54) is 4.90 Å². The summed E-state index contributed by atoms with van der Waals surface area (Å²) in [5, 5.41) is 8.38. The van der Waals surface area contributed by atoms with Crippen molar-refractivity contribution >= 4 is 10.1 Å². The first-order valence-corrected chi connectivity index (χ1v) is 5.79. The number of likely N-dealkylation sites (tertiary alicyclic amines) is 1. The maximum atomic E-state index is 12.0. The molecule has 0 aromatic rings. The van der Waals surface area contributed by atoms with E-state index in [1.807, 2.05) is 0 Å². The molecule has 5 nitrogen and oxygen atoms in total. The highest BCUT2D eigenvalue weighted by molar-refractivity contribution is 7.87. The molecule has 16 heavy (non-hydrogen) atoms. The normalized spacial score (nSPS) is 23.2. The summed E-state index contributed by atoms with van der Waals surface area (Å²) in [6.45, 7) is 0.198. The van der Waals surface area contributed by atoms with E-state index < -0.39 is 21.9 Å². The van der Waals surface area contributed by atoms with Crippen molar-refractivity contribution < 1.29 is 25.8 Å². The van der Waals surface area contributed by atoms with Gasteiger partial charge in [0.1, 0.15) is 6.23 Å². The van der Waals surface area contributed by atoms with E-state index in [0.29, 0.717) is 13.0 Å². The first-order valence-electron chi connectivity index (χ1n) is 4.38. The Morgan fingerprint density at radius 2 is 2.12 bits per heavy atom. The Kier molecular flexibility index (Phi) is 3.77. The summed E-state index contributed by atoms with van der Waals surface area (Å²) in [6.07, 6.45) is -0.525. The molecule has 0 spiro atoms. The highest BCUT2D eigenvalue weighted by atomic mass is 32.2. The van der Waals surface area contributed by atoms with Crippen molar-refractivity contribution in [1.82, 2.24) is 4.90 Å². The maximum Gasteiger partial charge on any atom is 0.523 e. The number of nitriles is 1. The summed E-state index contributed by atoms with van der Waals surface area (Å²) < 4.78 is 61.5. The minimum atomic E-state index is -5.58. The van der Waals surface area contributed by atoms with Crippen LogP contribution in [0, 0.1) is 11.3 Å². The van der Waals surface area contributed by atoms with Gasteiger partial charge in [-0.2, -0.15) is 26.9 Å². The smallest absolute Gasteiger partial charge is 0.264 e. The third-order valence-corrected chi connectivity index (χ3v) is 3.14. The van der Waals surface area contributed by atoms with Crippen LogP contribution in [-0.2, 0) is 14.3 Å². The number of rotatable bonds is 3. The molecule has 9 heteroatoms. The van der Waals surface area contributed by atoms with Crippen LogP contribution in [0.3, 0.4) is 0 Å². The quantitative estimate of drug-likeness (QED) is 0.425. The molecular weight excluding hydrogens is 249 g/mol. The summed E-state index contributed by atoms with van der Waals surface area (Å²) in [6, 6.07) is 1.73. The molecule has 0 N–H and O–H groups in total. The molecule has 92 valence electrons. The van der Waals surface area contributed by atoms with E-state index in [4.69, 9.17) is 5.26 Å². The summed E-state index contributed by atoms with van der Waals surface area (Å²) in [4.78, 5) is 1.25. The zero-order valence-corrected chi connectivity index (χ0v) is 8.88. The summed E-state index contributed by atoms with van der Waals surface area (Å²) in [5.74, 6) is 0. The molecule has 1 atom stereocenters. The zero-order chi connectivity index (χ0) is 12.4. The molecule has 0 radical (unpaired) electrons. The fourth-order valence-corrected chi connectivity index (χ4v) is 2.00. The predicted molar refractivity (Wildman–Crippen MR) is 46.3 cm³/mol. The molecule has 1 saturated heterocycles. The SMILES string of the molecule is N#CCN1CCCC1OS(=O)(=O)C(F)(F)F. The van der Waals surface area contributed by atoms with E-state index in [0.717, 1.165) is 0 Å². The average molecular weight is 258 g/mol. The monoisotopic (exact) mass is 258 g/mol. The predicted octanol–water partition coefficient (Wildman–Crippen LogP) is 0.798. The summed E-state index contributed by atoms with van der Waals surface area (Å²) >= 11 is 0. The molecule has 0 aromatic heterocycles. The molecule has 0 aliphatic carbocycles. The molecule has 0 saturated carbocycles. The molecule has 0 amide bonds. The molecule has 0 aromatic carbocycles. The third kappa shape index (κ3) is 2.84. The fraction of sp³-hybridized carbons (Fsp3) is 0.857. The van der Waals surface area contributed by atoms with E-state index in [9.17, 15) is 21.6 Å². The Hall–Kier alpha value is -0.850. The second-order valence-electron chi connectivity index (χ2n) is 3.22. The molecule has 1 fully saturated rings. The summed E-state index contributed by atoms with van der Waals surface area (Å²) in [5.41, 5.74) is -5.42. The van der Waals surface area contributed by atoms with Crippen LogP contribution in [0.25, 0.3) is 0 Å². The van der Waals surface area contributed by atoms with Gasteiger partial charge in [-0.3, -0.25) is 4.90 Å². The van der Waals surface area contributed by atoms with E-state index in [-0.39, 0.29) is 13.0 Å². The van der Waals surface area contributed by atoms with Crippen LogP contribution in [-0.4, -0.2) is 38.1 Å². The lowest BCUT2D eigenvalue weighted by molar-refractivity contribution is -0.0632. The van der Waals surface area contributed by atoms with Crippen LogP contribution in [0.1, 0.15) is 12.8 Å². The van der Waals surface area contributed by atoms with Crippen molar-refractivity contribution in [2.24, 2.45) is 0 Å². The molecule has 1 heterocycles. The highest BCUT2D eigenvalue weighted by Gasteiger charge is 2.49. The highest BCUT2D eigenvalue weighted by Crippen LogP contribution is 2.29. The van der Waals surface area contributed by atoms with Crippen LogP contribution < -0.4 is 0 Å². The van der Waals surface area contributed by atoms with Crippen molar-refractivity contribution in [2.75, 3.05) is 13.1 Å². The Morgan fingerprint density at radius 3 is 2.62 bits per heavy atom. The number of alkyl halides is 3. The second-order valence-corrected chi connectivity index (χ2v) is 4.79.